The van der Waals surface area contributed by atoms with Gasteiger partial charge in [0, 0.05) is 37.6 Å². The summed E-state index contributed by atoms with van der Waals surface area (Å²) < 4.78 is 12.3. The first kappa shape index (κ1) is 25.1. The molecule has 0 radical (unpaired) electrons. The van der Waals surface area contributed by atoms with Crippen LogP contribution in [0.25, 0.3) is 15.9 Å². The van der Waals surface area contributed by atoms with Crippen molar-refractivity contribution >= 4 is 51.2 Å². The van der Waals surface area contributed by atoms with E-state index in [-0.39, 0.29) is 0 Å². The van der Waals surface area contributed by atoms with E-state index < -0.39 is 0 Å². The molecule has 0 unspecified atom stereocenters. The number of rotatable bonds is 8. The lowest BCUT2D eigenvalue weighted by Crippen LogP contribution is -2.47. The third kappa shape index (κ3) is 5.35. The van der Waals surface area contributed by atoms with Crippen molar-refractivity contribution in [1.82, 2.24) is 24.2 Å². The molecule has 0 spiro atoms. The summed E-state index contributed by atoms with van der Waals surface area (Å²) >= 11 is 9.39. The van der Waals surface area contributed by atoms with Crippen LogP contribution in [-0.2, 0) is 12.4 Å². The van der Waals surface area contributed by atoms with Gasteiger partial charge in [-0.05, 0) is 60.7 Å². The highest BCUT2D eigenvalue weighted by Crippen LogP contribution is 2.31. The molecule has 2 aromatic heterocycles. The fourth-order valence-electron chi connectivity index (χ4n) is 4.64. The van der Waals surface area contributed by atoms with Crippen LogP contribution >= 0.6 is 35.3 Å². The average molecular weight is 561 g/mol. The lowest BCUT2D eigenvalue weighted by molar-refractivity contribution is 0.194. The van der Waals surface area contributed by atoms with Crippen molar-refractivity contribution in [2.75, 3.05) is 38.2 Å². The number of hydrogen-bond acceptors (Lipinski definition) is 8. The Balaban J connectivity index is 1.18. The molecule has 38 heavy (non-hydrogen) atoms. The largest absolute Gasteiger partial charge is 0.497 e. The van der Waals surface area contributed by atoms with Crippen molar-refractivity contribution in [3.63, 3.8) is 0 Å². The van der Waals surface area contributed by atoms with Crippen LogP contribution in [0.5, 0.6) is 5.75 Å². The number of para-hydroxylation sites is 2. The van der Waals surface area contributed by atoms with E-state index in [1.165, 1.54) is 10.4 Å². The van der Waals surface area contributed by atoms with Crippen molar-refractivity contribution < 1.29 is 4.74 Å². The van der Waals surface area contributed by atoms with Gasteiger partial charge in [0.2, 0.25) is 4.77 Å². The van der Waals surface area contributed by atoms with Crippen molar-refractivity contribution in [2.24, 2.45) is 0 Å². The number of hydrogen-bond donors (Lipinski definition) is 0. The number of methoxy groups -OCH3 is 1. The van der Waals surface area contributed by atoms with E-state index in [1.807, 2.05) is 41.1 Å². The molecule has 3 aromatic carbocycles. The maximum Gasteiger partial charge on any atom is 0.203 e. The third-order valence-electron chi connectivity index (χ3n) is 6.66. The monoisotopic (exact) mass is 560 g/mol. The zero-order chi connectivity index (χ0) is 25.9. The van der Waals surface area contributed by atoms with Crippen LogP contribution in [0.3, 0.4) is 0 Å². The highest BCUT2D eigenvalue weighted by molar-refractivity contribution is 8.00. The minimum Gasteiger partial charge on any atom is -0.497 e. The summed E-state index contributed by atoms with van der Waals surface area (Å²) in [7, 11) is 1.70. The second-order valence-electron chi connectivity index (χ2n) is 9.05. The molecular weight excluding hydrogens is 533 g/mol. The number of fused-ring (bicyclic) bond motifs is 1. The first-order valence-corrected chi connectivity index (χ1v) is 14.7. The number of nitrogens with zero attached hydrogens (tertiary/aromatic N) is 6. The number of ether oxygens (including phenoxy) is 1. The number of aromatic nitrogens is 4. The number of anilines is 1. The van der Waals surface area contributed by atoms with E-state index in [4.69, 9.17) is 27.0 Å². The van der Waals surface area contributed by atoms with Gasteiger partial charge in [0.25, 0.3) is 0 Å². The molecule has 0 aliphatic carbocycles. The molecule has 1 aliphatic heterocycles. The van der Waals surface area contributed by atoms with Gasteiger partial charge in [-0.2, -0.15) is 5.10 Å². The minimum absolute atomic E-state index is 0.675. The van der Waals surface area contributed by atoms with E-state index in [2.05, 4.69) is 56.8 Å². The molecular formula is C28H28N6OS3. The highest BCUT2D eigenvalue weighted by Gasteiger charge is 2.20. The number of thioether (sulfide) groups is 1. The first-order chi connectivity index (χ1) is 18.7. The third-order valence-corrected chi connectivity index (χ3v) is 9.23. The van der Waals surface area contributed by atoms with E-state index >= 15 is 0 Å². The molecule has 0 amide bonds. The zero-order valence-corrected chi connectivity index (χ0v) is 23.5. The first-order valence-electron chi connectivity index (χ1n) is 12.5. The van der Waals surface area contributed by atoms with Gasteiger partial charge in [-0.15, -0.1) is 11.3 Å². The van der Waals surface area contributed by atoms with Crippen molar-refractivity contribution in [2.45, 2.75) is 16.8 Å². The Labute approximate surface area is 235 Å². The summed E-state index contributed by atoms with van der Waals surface area (Å²) in [6, 6.07) is 26.8. The van der Waals surface area contributed by atoms with E-state index in [0.29, 0.717) is 17.2 Å². The molecule has 3 heterocycles. The number of piperazine rings is 1. The van der Waals surface area contributed by atoms with E-state index in [0.717, 1.165) is 53.3 Å². The summed E-state index contributed by atoms with van der Waals surface area (Å²) in [5.41, 5.74) is 3.30. The van der Waals surface area contributed by atoms with Crippen LogP contribution in [0.15, 0.2) is 83.2 Å². The van der Waals surface area contributed by atoms with Crippen molar-refractivity contribution in [3.8, 4) is 11.4 Å². The molecule has 0 saturated carbocycles. The van der Waals surface area contributed by atoms with E-state index in [9.17, 15) is 0 Å². The van der Waals surface area contributed by atoms with Crippen LogP contribution in [0.4, 0.5) is 5.69 Å². The Morgan fingerprint density at radius 1 is 0.895 bits per heavy atom. The molecule has 194 valence electrons. The molecule has 0 atom stereocenters. The van der Waals surface area contributed by atoms with Crippen LogP contribution in [0.2, 0.25) is 0 Å². The van der Waals surface area contributed by atoms with Crippen molar-refractivity contribution in [3.05, 3.63) is 89.5 Å². The smallest absolute Gasteiger partial charge is 0.203 e. The Hall–Kier alpha value is -3.18. The van der Waals surface area contributed by atoms with Gasteiger partial charge in [-0.3, -0.25) is 9.47 Å². The molecule has 0 bridgehead atoms. The van der Waals surface area contributed by atoms with Gasteiger partial charge >= 0.3 is 0 Å². The second-order valence-corrected chi connectivity index (χ2v) is 11.7. The van der Waals surface area contributed by atoms with Crippen molar-refractivity contribution in [1.29, 1.82) is 0 Å². The Morgan fingerprint density at radius 3 is 2.37 bits per heavy atom. The zero-order valence-electron chi connectivity index (χ0n) is 21.1. The fourth-order valence-corrected chi connectivity index (χ4v) is 6.93. The van der Waals surface area contributed by atoms with Crippen LogP contribution < -0.4 is 9.64 Å². The van der Waals surface area contributed by atoms with Gasteiger partial charge < -0.3 is 9.64 Å². The Bertz CT molecular complexity index is 1540. The SMILES string of the molecule is COc1ccc(N2CCN(Cn3nc(CSc4nc5ccccc5s4)n(-c4ccccc4)c3=S)CC2)cc1. The maximum atomic E-state index is 5.96. The van der Waals surface area contributed by atoms with E-state index in [1.54, 1.807) is 30.2 Å². The Kier molecular flexibility index (Phi) is 7.46. The van der Waals surface area contributed by atoms with Gasteiger partial charge in [0.1, 0.15) is 11.6 Å². The summed E-state index contributed by atoms with van der Waals surface area (Å²) in [5.74, 6) is 2.51. The summed E-state index contributed by atoms with van der Waals surface area (Å²) in [6.07, 6.45) is 0. The predicted molar refractivity (Wildman–Crippen MR) is 158 cm³/mol. The minimum atomic E-state index is 0.675. The molecule has 1 fully saturated rings. The summed E-state index contributed by atoms with van der Waals surface area (Å²) in [4.78, 5) is 9.62. The summed E-state index contributed by atoms with van der Waals surface area (Å²) in [6.45, 7) is 4.48. The topological polar surface area (TPSA) is 51.4 Å². The van der Waals surface area contributed by atoms with Gasteiger partial charge in [0.05, 0.1) is 29.7 Å². The summed E-state index contributed by atoms with van der Waals surface area (Å²) in [5, 5.41) is 5.01. The van der Waals surface area contributed by atoms with Gasteiger partial charge in [-0.25, -0.2) is 9.67 Å². The average Bonchev–Trinajstić information content (AvgIpc) is 3.53. The van der Waals surface area contributed by atoms with Crippen LogP contribution in [0.1, 0.15) is 5.82 Å². The molecule has 5 aromatic rings. The predicted octanol–water partition coefficient (Wildman–Crippen LogP) is 6.09. The Morgan fingerprint density at radius 2 is 1.63 bits per heavy atom. The second kappa shape index (κ2) is 11.3. The number of thiazole rings is 1. The van der Waals surface area contributed by atoms with Gasteiger partial charge in [-0.1, -0.05) is 42.1 Å². The van der Waals surface area contributed by atoms with Crippen LogP contribution in [-0.4, -0.2) is 57.5 Å². The lowest BCUT2D eigenvalue weighted by Gasteiger charge is -2.35. The molecule has 10 heteroatoms. The molecule has 1 saturated heterocycles. The molecule has 0 N–H and O–H groups in total. The quantitative estimate of drug-likeness (QED) is 0.168. The van der Waals surface area contributed by atoms with Gasteiger partial charge in [0.15, 0.2) is 4.34 Å². The molecule has 6 rings (SSSR count). The molecule has 7 nitrogen and oxygen atoms in total. The van der Waals surface area contributed by atoms with Crippen LogP contribution in [0, 0.1) is 4.77 Å². The fraction of sp³-hybridized carbons (Fsp3) is 0.250. The maximum absolute atomic E-state index is 5.96. The molecule has 1 aliphatic rings. The standard InChI is InChI=1S/C28H28N6OS3/c1-35-23-13-11-21(12-14-23)32-17-15-31(16-18-32)20-33-28(36)34(22-7-3-2-4-8-22)26(30-33)19-37-27-29-24-9-5-6-10-25(24)38-27/h2-14H,15-20H2,1H3. The number of benzene rings is 3. The normalized spacial score (nSPS) is 14.3. The lowest BCUT2D eigenvalue weighted by atomic mass is 10.2. The highest BCUT2D eigenvalue weighted by atomic mass is 32.2.